The van der Waals surface area contributed by atoms with Crippen LogP contribution in [0.25, 0.3) is 0 Å². The van der Waals surface area contributed by atoms with Crippen LogP contribution in [-0.4, -0.2) is 32.8 Å². The van der Waals surface area contributed by atoms with Gasteiger partial charge in [0.25, 0.3) is 0 Å². The summed E-state index contributed by atoms with van der Waals surface area (Å²) in [7, 11) is 1.79. The van der Waals surface area contributed by atoms with Gasteiger partial charge >= 0.3 is 0 Å². The van der Waals surface area contributed by atoms with Gasteiger partial charge < -0.3 is 20.1 Å². The van der Waals surface area contributed by atoms with Crippen molar-refractivity contribution in [3.05, 3.63) is 58.7 Å². The topological polar surface area (TPSA) is 54.9 Å². The van der Waals surface area contributed by atoms with E-state index in [1.165, 1.54) is 16.7 Å². The highest BCUT2D eigenvalue weighted by molar-refractivity contribution is 14.0. The van der Waals surface area contributed by atoms with Crippen LogP contribution >= 0.6 is 24.0 Å². The number of benzene rings is 2. The van der Waals surface area contributed by atoms with E-state index < -0.39 is 0 Å². The Morgan fingerprint density at radius 1 is 1.18 bits per heavy atom. The molecule has 0 bridgehead atoms. The molecular weight excluding hydrogens is 465 g/mol. The number of hydrogen-bond acceptors (Lipinski definition) is 3. The molecule has 0 aliphatic carbocycles. The van der Waals surface area contributed by atoms with Crippen LogP contribution in [0.4, 0.5) is 0 Å². The van der Waals surface area contributed by atoms with Gasteiger partial charge in [-0.1, -0.05) is 24.3 Å². The average Bonchev–Trinajstić information content (AvgIpc) is 3.14. The molecule has 0 atom stereocenters. The fraction of sp³-hybridized carbons (Fsp3) is 0.409. The van der Waals surface area contributed by atoms with Crippen LogP contribution in [0.2, 0.25) is 0 Å². The van der Waals surface area contributed by atoms with Gasteiger partial charge in [-0.2, -0.15) is 0 Å². The van der Waals surface area contributed by atoms with Gasteiger partial charge in [0.1, 0.15) is 11.5 Å². The summed E-state index contributed by atoms with van der Waals surface area (Å²) >= 11 is 0. The molecule has 0 fully saturated rings. The monoisotopic (exact) mass is 495 g/mol. The van der Waals surface area contributed by atoms with E-state index in [2.05, 4.69) is 58.9 Å². The third-order valence-electron chi connectivity index (χ3n) is 4.65. The van der Waals surface area contributed by atoms with Crippen molar-refractivity contribution in [2.45, 2.75) is 33.2 Å². The van der Waals surface area contributed by atoms with E-state index >= 15 is 0 Å². The highest BCUT2D eigenvalue weighted by atomic mass is 127. The van der Waals surface area contributed by atoms with Gasteiger partial charge in [0.05, 0.1) is 13.2 Å². The van der Waals surface area contributed by atoms with Crippen LogP contribution in [0, 0.1) is 6.92 Å². The van der Waals surface area contributed by atoms with E-state index in [9.17, 15) is 0 Å². The minimum atomic E-state index is 0. The fourth-order valence-electron chi connectivity index (χ4n) is 3.22. The lowest BCUT2D eigenvalue weighted by molar-refractivity contribution is 0.336. The number of fused-ring (bicyclic) bond motifs is 1. The molecule has 0 saturated carbocycles. The SMILES string of the molecule is CCOc1cc(C)ccc1CNC(=NC)NCCc1ccc2c(c1)CCO2.I. The van der Waals surface area contributed by atoms with E-state index in [0.29, 0.717) is 13.2 Å². The molecule has 0 amide bonds. The van der Waals surface area contributed by atoms with E-state index in [1.807, 2.05) is 6.92 Å². The van der Waals surface area contributed by atoms with Crippen molar-refractivity contribution < 1.29 is 9.47 Å². The van der Waals surface area contributed by atoms with Crippen molar-refractivity contribution in [1.82, 2.24) is 10.6 Å². The summed E-state index contributed by atoms with van der Waals surface area (Å²) < 4.78 is 11.3. The largest absolute Gasteiger partial charge is 0.494 e. The number of rotatable bonds is 7. The molecular formula is C22H30IN3O2. The summed E-state index contributed by atoms with van der Waals surface area (Å²) in [5.74, 6) is 2.76. The first kappa shape index (κ1) is 22.3. The summed E-state index contributed by atoms with van der Waals surface area (Å²) in [6.45, 7) is 7.04. The second kappa shape index (κ2) is 11.1. The number of ether oxygens (including phenoxy) is 2. The fourth-order valence-corrected chi connectivity index (χ4v) is 3.22. The number of aliphatic imine (C=N–C) groups is 1. The number of aryl methyl sites for hydroxylation is 1. The van der Waals surface area contributed by atoms with Gasteiger partial charge in [-0.05, 0) is 49.1 Å². The maximum atomic E-state index is 5.75. The maximum absolute atomic E-state index is 5.75. The molecule has 28 heavy (non-hydrogen) atoms. The Balaban J connectivity index is 0.00000280. The molecule has 0 unspecified atom stereocenters. The molecule has 5 nitrogen and oxygen atoms in total. The quantitative estimate of drug-likeness (QED) is 0.348. The number of nitrogens with zero attached hydrogens (tertiary/aromatic N) is 1. The lowest BCUT2D eigenvalue weighted by Gasteiger charge is -2.15. The van der Waals surface area contributed by atoms with Crippen molar-refractivity contribution in [1.29, 1.82) is 0 Å². The highest BCUT2D eigenvalue weighted by Crippen LogP contribution is 2.25. The third-order valence-corrected chi connectivity index (χ3v) is 4.65. The van der Waals surface area contributed by atoms with Gasteiger partial charge in [-0.15, -0.1) is 24.0 Å². The minimum absolute atomic E-state index is 0. The molecule has 152 valence electrons. The first-order valence-electron chi connectivity index (χ1n) is 9.61. The highest BCUT2D eigenvalue weighted by Gasteiger charge is 2.12. The van der Waals surface area contributed by atoms with Crippen LogP contribution in [0.5, 0.6) is 11.5 Å². The molecule has 3 rings (SSSR count). The van der Waals surface area contributed by atoms with E-state index in [0.717, 1.165) is 49.0 Å². The second-order valence-electron chi connectivity index (χ2n) is 6.69. The first-order valence-corrected chi connectivity index (χ1v) is 9.61. The van der Waals surface area contributed by atoms with E-state index in [-0.39, 0.29) is 24.0 Å². The minimum Gasteiger partial charge on any atom is -0.494 e. The maximum Gasteiger partial charge on any atom is 0.191 e. The molecule has 0 spiro atoms. The predicted octanol–water partition coefficient (Wildman–Crippen LogP) is 3.85. The standard InChI is InChI=1S/C22H29N3O2.HI/c1-4-26-21-13-16(2)5-7-19(21)15-25-22(23-3)24-11-9-17-6-8-20-18(14-17)10-12-27-20;/h5-8,13-14H,4,9-12,15H2,1-3H3,(H2,23,24,25);1H. The van der Waals surface area contributed by atoms with Crippen LogP contribution < -0.4 is 20.1 Å². The van der Waals surface area contributed by atoms with Crippen molar-refractivity contribution in [3.8, 4) is 11.5 Å². The zero-order chi connectivity index (χ0) is 19.1. The molecule has 2 aromatic rings. The number of nitrogens with one attached hydrogen (secondary N) is 2. The summed E-state index contributed by atoms with van der Waals surface area (Å²) in [5, 5.41) is 6.76. The Kier molecular flexibility index (Phi) is 8.89. The molecule has 2 N–H and O–H groups in total. The van der Waals surface area contributed by atoms with Crippen LogP contribution in [0.15, 0.2) is 41.4 Å². The molecule has 2 aromatic carbocycles. The first-order chi connectivity index (χ1) is 13.2. The Hall–Kier alpha value is -1.96. The molecule has 1 aliphatic heterocycles. The number of guanidine groups is 1. The third kappa shape index (κ3) is 6.02. The van der Waals surface area contributed by atoms with Gasteiger partial charge in [0.2, 0.25) is 0 Å². The number of hydrogen-bond donors (Lipinski definition) is 2. The molecule has 1 heterocycles. The van der Waals surface area contributed by atoms with E-state index in [1.54, 1.807) is 7.05 Å². The van der Waals surface area contributed by atoms with Gasteiger partial charge in [0, 0.05) is 32.1 Å². The average molecular weight is 495 g/mol. The predicted molar refractivity (Wildman–Crippen MR) is 125 cm³/mol. The van der Waals surface area contributed by atoms with Crippen molar-refractivity contribution >= 4 is 29.9 Å². The Morgan fingerprint density at radius 3 is 2.82 bits per heavy atom. The Morgan fingerprint density at radius 2 is 2.04 bits per heavy atom. The normalized spacial score (nSPS) is 12.6. The molecule has 6 heteroatoms. The smallest absolute Gasteiger partial charge is 0.191 e. The zero-order valence-electron chi connectivity index (χ0n) is 16.9. The molecule has 0 saturated heterocycles. The van der Waals surface area contributed by atoms with E-state index in [4.69, 9.17) is 9.47 Å². The lowest BCUT2D eigenvalue weighted by atomic mass is 10.1. The molecule has 1 aliphatic rings. The van der Waals surface area contributed by atoms with Gasteiger partial charge in [-0.25, -0.2) is 0 Å². The van der Waals surface area contributed by atoms with Crippen LogP contribution in [-0.2, 0) is 19.4 Å². The molecule has 0 aromatic heterocycles. The summed E-state index contributed by atoms with van der Waals surface area (Å²) in [5.41, 5.74) is 4.96. The van der Waals surface area contributed by atoms with Gasteiger partial charge in [0.15, 0.2) is 5.96 Å². The van der Waals surface area contributed by atoms with Crippen molar-refractivity contribution in [2.75, 3.05) is 26.8 Å². The summed E-state index contributed by atoms with van der Waals surface area (Å²) in [4.78, 5) is 4.32. The second-order valence-corrected chi connectivity index (χ2v) is 6.69. The van der Waals surface area contributed by atoms with Crippen LogP contribution in [0.1, 0.15) is 29.2 Å². The molecule has 0 radical (unpaired) electrons. The van der Waals surface area contributed by atoms with Crippen molar-refractivity contribution in [3.63, 3.8) is 0 Å². The van der Waals surface area contributed by atoms with Gasteiger partial charge in [-0.3, -0.25) is 4.99 Å². The Bertz CT molecular complexity index is 808. The van der Waals surface area contributed by atoms with Crippen LogP contribution in [0.3, 0.4) is 0 Å². The summed E-state index contributed by atoms with van der Waals surface area (Å²) in [6.07, 6.45) is 1.96. The zero-order valence-corrected chi connectivity index (χ0v) is 19.2. The van der Waals surface area contributed by atoms with Crippen molar-refractivity contribution in [2.24, 2.45) is 4.99 Å². The Labute approximate surface area is 184 Å². The lowest BCUT2D eigenvalue weighted by Crippen LogP contribution is -2.37. The number of halogens is 1. The summed E-state index contributed by atoms with van der Waals surface area (Å²) in [6, 6.07) is 12.8.